The average Bonchev–Trinajstić information content (AvgIpc) is 2.82. The highest BCUT2D eigenvalue weighted by atomic mass is 32.1. The molecule has 0 saturated heterocycles. The standard InChI is InChI=1S/C13H10F2N2O3S/c1-7-2-3-8(21-7)6-16-13(18)11-9(14)4-5-10(12(11)15)17(19)20/h2-5H,6H2,1H3,(H,16,18). The number of nitro groups is 1. The number of benzene rings is 1. The smallest absolute Gasteiger partial charge is 0.305 e. The van der Waals surface area contributed by atoms with Gasteiger partial charge in [0, 0.05) is 15.8 Å². The topological polar surface area (TPSA) is 72.2 Å². The number of carbonyl (C=O) groups excluding carboxylic acids is 1. The number of thiophene rings is 1. The van der Waals surface area contributed by atoms with Crippen LogP contribution in [-0.2, 0) is 6.54 Å². The number of aryl methyl sites for hydroxylation is 1. The molecule has 0 atom stereocenters. The maximum absolute atomic E-state index is 13.8. The van der Waals surface area contributed by atoms with Gasteiger partial charge in [-0.1, -0.05) is 0 Å². The van der Waals surface area contributed by atoms with Gasteiger partial charge >= 0.3 is 5.69 Å². The average molecular weight is 312 g/mol. The van der Waals surface area contributed by atoms with Crippen molar-refractivity contribution < 1.29 is 18.5 Å². The Bertz CT molecular complexity index is 715. The molecule has 1 heterocycles. The van der Waals surface area contributed by atoms with Crippen LogP contribution < -0.4 is 5.32 Å². The van der Waals surface area contributed by atoms with E-state index >= 15 is 0 Å². The lowest BCUT2D eigenvalue weighted by molar-refractivity contribution is -0.387. The molecule has 110 valence electrons. The fraction of sp³-hybridized carbons (Fsp3) is 0.154. The Morgan fingerprint density at radius 2 is 2.05 bits per heavy atom. The second-order valence-electron chi connectivity index (χ2n) is 4.21. The van der Waals surface area contributed by atoms with E-state index < -0.39 is 33.7 Å². The normalized spacial score (nSPS) is 10.4. The Balaban J connectivity index is 2.22. The van der Waals surface area contributed by atoms with E-state index in [0.29, 0.717) is 12.1 Å². The number of hydrogen-bond donors (Lipinski definition) is 1. The molecule has 0 spiro atoms. The van der Waals surface area contributed by atoms with Gasteiger partial charge in [0.2, 0.25) is 5.82 Å². The zero-order valence-electron chi connectivity index (χ0n) is 10.9. The molecule has 0 unspecified atom stereocenters. The number of rotatable bonds is 4. The van der Waals surface area contributed by atoms with Gasteiger partial charge in [-0.15, -0.1) is 11.3 Å². The lowest BCUT2D eigenvalue weighted by Crippen LogP contribution is -2.25. The maximum atomic E-state index is 13.8. The van der Waals surface area contributed by atoms with Crippen LogP contribution in [0.5, 0.6) is 0 Å². The van der Waals surface area contributed by atoms with Crippen molar-refractivity contribution in [3.63, 3.8) is 0 Å². The molecule has 1 N–H and O–H groups in total. The minimum atomic E-state index is -1.47. The highest BCUT2D eigenvalue weighted by molar-refractivity contribution is 7.11. The van der Waals surface area contributed by atoms with Crippen LogP contribution in [-0.4, -0.2) is 10.8 Å². The Labute approximate surface area is 122 Å². The molecule has 0 bridgehead atoms. The molecular weight excluding hydrogens is 302 g/mol. The number of halogens is 2. The number of nitrogens with one attached hydrogen (secondary N) is 1. The van der Waals surface area contributed by atoms with E-state index in [0.717, 1.165) is 9.75 Å². The van der Waals surface area contributed by atoms with Crippen LogP contribution >= 0.6 is 11.3 Å². The molecule has 1 aromatic carbocycles. The van der Waals surface area contributed by atoms with Crippen LogP contribution in [0.3, 0.4) is 0 Å². The summed E-state index contributed by atoms with van der Waals surface area (Å²) in [7, 11) is 0. The van der Waals surface area contributed by atoms with E-state index in [4.69, 9.17) is 0 Å². The first-order chi connectivity index (χ1) is 9.90. The maximum Gasteiger partial charge on any atom is 0.305 e. The Hall–Kier alpha value is -2.35. The summed E-state index contributed by atoms with van der Waals surface area (Å²) in [5, 5.41) is 12.9. The van der Waals surface area contributed by atoms with Gasteiger partial charge in [0.05, 0.1) is 11.5 Å². The molecule has 21 heavy (non-hydrogen) atoms. The first-order valence-corrected chi connectivity index (χ1v) is 6.67. The summed E-state index contributed by atoms with van der Waals surface area (Å²) >= 11 is 1.43. The molecule has 0 fully saturated rings. The first-order valence-electron chi connectivity index (χ1n) is 5.86. The summed E-state index contributed by atoms with van der Waals surface area (Å²) in [5.41, 5.74) is -1.88. The third-order valence-corrected chi connectivity index (χ3v) is 3.71. The SMILES string of the molecule is Cc1ccc(CNC(=O)c2c(F)ccc([N+](=O)[O-])c2F)s1. The first kappa shape index (κ1) is 15.0. The third-order valence-electron chi connectivity index (χ3n) is 2.71. The highest BCUT2D eigenvalue weighted by Crippen LogP contribution is 2.23. The summed E-state index contributed by atoms with van der Waals surface area (Å²) in [5.74, 6) is -3.64. The third kappa shape index (κ3) is 3.22. The second-order valence-corrected chi connectivity index (χ2v) is 5.58. The number of nitro benzene ring substituents is 1. The van der Waals surface area contributed by atoms with E-state index in [1.54, 1.807) is 6.07 Å². The molecule has 8 heteroatoms. The van der Waals surface area contributed by atoms with Gasteiger partial charge < -0.3 is 5.32 Å². The fourth-order valence-corrected chi connectivity index (χ4v) is 2.56. The van der Waals surface area contributed by atoms with E-state index in [1.165, 1.54) is 11.3 Å². The second kappa shape index (κ2) is 5.96. The largest absolute Gasteiger partial charge is 0.347 e. The molecule has 0 radical (unpaired) electrons. The van der Waals surface area contributed by atoms with Crippen molar-refractivity contribution in [2.45, 2.75) is 13.5 Å². The Kier molecular flexibility index (Phi) is 4.27. The molecule has 2 aromatic rings. The summed E-state index contributed by atoms with van der Waals surface area (Å²) < 4.78 is 27.4. The number of carbonyl (C=O) groups is 1. The van der Waals surface area contributed by atoms with Crippen LogP contribution in [0.4, 0.5) is 14.5 Å². The quantitative estimate of drug-likeness (QED) is 0.696. The molecule has 5 nitrogen and oxygen atoms in total. The molecule has 1 aromatic heterocycles. The molecule has 0 saturated carbocycles. The zero-order chi connectivity index (χ0) is 15.6. The van der Waals surface area contributed by atoms with Crippen molar-refractivity contribution in [1.82, 2.24) is 5.32 Å². The van der Waals surface area contributed by atoms with Gasteiger partial charge in [-0.3, -0.25) is 14.9 Å². The van der Waals surface area contributed by atoms with Gasteiger partial charge in [-0.25, -0.2) is 4.39 Å². The summed E-state index contributed by atoms with van der Waals surface area (Å²) in [6.45, 7) is 1.98. The molecule has 0 aliphatic carbocycles. The molecule has 0 aliphatic heterocycles. The number of hydrogen-bond acceptors (Lipinski definition) is 4. The van der Waals surface area contributed by atoms with Crippen molar-refractivity contribution in [3.05, 3.63) is 61.3 Å². The fourth-order valence-electron chi connectivity index (χ4n) is 1.73. The van der Waals surface area contributed by atoms with Gasteiger partial charge in [-0.2, -0.15) is 4.39 Å². The van der Waals surface area contributed by atoms with E-state index in [9.17, 15) is 23.7 Å². The summed E-state index contributed by atoms with van der Waals surface area (Å²) in [4.78, 5) is 23.3. The van der Waals surface area contributed by atoms with E-state index in [2.05, 4.69) is 5.32 Å². The zero-order valence-corrected chi connectivity index (χ0v) is 11.7. The monoisotopic (exact) mass is 312 g/mol. The lowest BCUT2D eigenvalue weighted by Gasteiger charge is -2.06. The van der Waals surface area contributed by atoms with Crippen LogP contribution in [0, 0.1) is 28.7 Å². The molecule has 0 aliphatic rings. The van der Waals surface area contributed by atoms with Crippen molar-refractivity contribution in [1.29, 1.82) is 0 Å². The Morgan fingerprint density at radius 3 is 2.62 bits per heavy atom. The predicted octanol–water partition coefficient (Wildman–Crippen LogP) is 3.17. The minimum absolute atomic E-state index is 0.0961. The van der Waals surface area contributed by atoms with Crippen LogP contribution in [0.25, 0.3) is 0 Å². The van der Waals surface area contributed by atoms with Crippen molar-refractivity contribution in [2.75, 3.05) is 0 Å². The van der Waals surface area contributed by atoms with Crippen LogP contribution in [0.2, 0.25) is 0 Å². The summed E-state index contributed by atoms with van der Waals surface area (Å²) in [6.07, 6.45) is 0. The number of amides is 1. The van der Waals surface area contributed by atoms with Gasteiger partial charge in [0.15, 0.2) is 0 Å². The van der Waals surface area contributed by atoms with Crippen molar-refractivity contribution in [2.24, 2.45) is 0 Å². The van der Waals surface area contributed by atoms with E-state index in [1.807, 2.05) is 13.0 Å². The van der Waals surface area contributed by atoms with Gasteiger partial charge in [0.1, 0.15) is 11.4 Å². The highest BCUT2D eigenvalue weighted by Gasteiger charge is 2.26. The van der Waals surface area contributed by atoms with Crippen LogP contribution in [0.15, 0.2) is 24.3 Å². The summed E-state index contributed by atoms with van der Waals surface area (Å²) in [6, 6.07) is 5.01. The van der Waals surface area contributed by atoms with E-state index in [-0.39, 0.29) is 6.54 Å². The minimum Gasteiger partial charge on any atom is -0.347 e. The predicted molar refractivity (Wildman–Crippen MR) is 73.2 cm³/mol. The van der Waals surface area contributed by atoms with Crippen LogP contribution in [0.1, 0.15) is 20.1 Å². The molecular formula is C13H10F2N2O3S. The lowest BCUT2D eigenvalue weighted by atomic mass is 10.1. The molecule has 1 amide bonds. The van der Waals surface area contributed by atoms with Gasteiger partial charge in [-0.05, 0) is 25.1 Å². The molecule has 2 rings (SSSR count). The van der Waals surface area contributed by atoms with Gasteiger partial charge in [0.25, 0.3) is 5.91 Å². The Morgan fingerprint density at radius 1 is 1.33 bits per heavy atom. The number of nitrogens with zero attached hydrogens (tertiary/aromatic N) is 1. The van der Waals surface area contributed by atoms with Crippen molar-refractivity contribution in [3.8, 4) is 0 Å². The van der Waals surface area contributed by atoms with Crippen molar-refractivity contribution >= 4 is 22.9 Å².